The molecule has 3 aromatic carbocycles. The van der Waals surface area contributed by atoms with Crippen LogP contribution in [0.3, 0.4) is 0 Å². The second kappa shape index (κ2) is 12.4. The Morgan fingerprint density at radius 3 is 2.64 bits per heavy atom. The number of benzene rings is 3. The van der Waals surface area contributed by atoms with E-state index in [9.17, 15) is 19.7 Å². The topological polar surface area (TPSA) is 126 Å². The van der Waals surface area contributed by atoms with Crippen molar-refractivity contribution in [3.8, 4) is 17.1 Å². The predicted octanol–water partition coefficient (Wildman–Crippen LogP) is 5.77. The Morgan fingerprint density at radius 1 is 1.11 bits per heavy atom. The van der Waals surface area contributed by atoms with Crippen molar-refractivity contribution in [2.45, 2.75) is 13.0 Å². The molecule has 1 aliphatic rings. The van der Waals surface area contributed by atoms with E-state index in [4.69, 9.17) is 30.5 Å². The average Bonchev–Trinajstić information content (AvgIpc) is 3.64. The maximum atomic E-state index is 14.1. The van der Waals surface area contributed by atoms with Crippen LogP contribution in [0.25, 0.3) is 23.1 Å². The monoisotopic (exact) mass is 641 g/mol. The molecule has 0 bridgehead atoms. The highest BCUT2D eigenvalue weighted by Gasteiger charge is 2.35. The van der Waals surface area contributed by atoms with Gasteiger partial charge in [0.15, 0.2) is 4.80 Å². The van der Waals surface area contributed by atoms with Gasteiger partial charge in [-0.1, -0.05) is 65.4 Å². The molecule has 1 aliphatic heterocycles. The maximum Gasteiger partial charge on any atom is 0.338 e. The maximum absolute atomic E-state index is 14.1. The van der Waals surface area contributed by atoms with Crippen LogP contribution in [-0.4, -0.2) is 29.2 Å². The van der Waals surface area contributed by atoms with Crippen LogP contribution < -0.4 is 19.6 Å². The van der Waals surface area contributed by atoms with Gasteiger partial charge in [-0.25, -0.2) is 9.79 Å². The number of nitro benzene ring substituents is 1. The van der Waals surface area contributed by atoms with Gasteiger partial charge in [0.1, 0.15) is 17.3 Å². The number of nitro groups is 1. The Kier molecular flexibility index (Phi) is 8.20. The number of fused-ring (bicyclic) bond motifs is 1. The summed E-state index contributed by atoms with van der Waals surface area (Å²) in [5.74, 6) is 0.492. The van der Waals surface area contributed by atoms with E-state index in [2.05, 4.69) is 0 Å². The number of aromatic nitrogens is 1. The number of hydrogen-bond acceptors (Lipinski definition) is 9. The molecule has 0 spiro atoms. The average molecular weight is 642 g/mol. The second-order valence-corrected chi connectivity index (χ2v) is 11.3. The Balaban J connectivity index is 1.56. The summed E-state index contributed by atoms with van der Waals surface area (Å²) in [4.78, 5) is 44.0. The van der Waals surface area contributed by atoms with Crippen molar-refractivity contribution in [1.82, 2.24) is 4.57 Å². The molecule has 0 aliphatic carbocycles. The first kappa shape index (κ1) is 29.8. The Hall–Kier alpha value is -5.26. The minimum atomic E-state index is -0.878. The first-order valence-electron chi connectivity index (χ1n) is 13.8. The summed E-state index contributed by atoms with van der Waals surface area (Å²) in [6.45, 7) is 1.85. The lowest BCUT2D eigenvalue weighted by atomic mass is 9.93. The zero-order valence-corrected chi connectivity index (χ0v) is 25.5. The molecular weight excluding hydrogens is 618 g/mol. The lowest BCUT2D eigenvalue weighted by Crippen LogP contribution is -2.40. The van der Waals surface area contributed by atoms with Crippen molar-refractivity contribution in [3.63, 3.8) is 0 Å². The van der Waals surface area contributed by atoms with Gasteiger partial charge in [-0.2, -0.15) is 0 Å². The van der Waals surface area contributed by atoms with Crippen LogP contribution >= 0.6 is 22.9 Å². The number of carbonyl (C=O) groups excluding carboxylic acids is 1. The van der Waals surface area contributed by atoms with E-state index in [1.165, 1.54) is 22.8 Å². The molecule has 5 aromatic rings. The Labute approximate surface area is 264 Å². The van der Waals surface area contributed by atoms with Crippen LogP contribution in [0, 0.1) is 10.1 Å². The highest BCUT2D eigenvalue weighted by molar-refractivity contribution is 7.07. The van der Waals surface area contributed by atoms with Gasteiger partial charge in [-0.3, -0.25) is 19.5 Å². The zero-order valence-electron chi connectivity index (χ0n) is 23.9. The van der Waals surface area contributed by atoms with E-state index in [0.29, 0.717) is 33.1 Å². The molecule has 0 amide bonds. The van der Waals surface area contributed by atoms with Gasteiger partial charge < -0.3 is 13.9 Å². The van der Waals surface area contributed by atoms with Gasteiger partial charge in [0.25, 0.3) is 11.2 Å². The number of esters is 1. The van der Waals surface area contributed by atoms with Crippen LogP contribution in [0.2, 0.25) is 5.02 Å². The summed E-state index contributed by atoms with van der Waals surface area (Å²) in [6.07, 6.45) is 1.55. The number of halogens is 1. The van der Waals surface area contributed by atoms with Gasteiger partial charge >= 0.3 is 5.97 Å². The molecule has 0 saturated heterocycles. The minimum absolute atomic E-state index is 0.131. The van der Waals surface area contributed by atoms with Gasteiger partial charge in [0.05, 0.1) is 46.0 Å². The van der Waals surface area contributed by atoms with Gasteiger partial charge in [0, 0.05) is 22.7 Å². The van der Waals surface area contributed by atoms with E-state index >= 15 is 0 Å². The smallest absolute Gasteiger partial charge is 0.338 e. The highest BCUT2D eigenvalue weighted by Crippen LogP contribution is 2.36. The van der Waals surface area contributed by atoms with Crippen molar-refractivity contribution in [3.05, 3.63) is 142 Å². The standard InChI is InChI=1S/C33H24ClN3O7S/c1-3-43-32(39)28-29(19-8-5-4-6-9-19)35-33-36(30(28)20-10-7-11-22(16-20)42-2)31(38)27(45-33)18-23-13-15-26(44-23)24-14-12-21(34)17-25(24)37(40)41/h4-18,30H,3H2,1-2H3/b27-18-/t30-/m0/s1. The van der Waals surface area contributed by atoms with E-state index in [-0.39, 0.29) is 38.7 Å². The number of nitrogens with zero attached hydrogens (tertiary/aromatic N) is 3. The summed E-state index contributed by atoms with van der Waals surface area (Å²) in [6, 6.07) is 23.0. The summed E-state index contributed by atoms with van der Waals surface area (Å²) in [7, 11) is 1.54. The Bertz CT molecular complexity index is 2170. The molecule has 6 rings (SSSR count). The summed E-state index contributed by atoms with van der Waals surface area (Å²) < 4.78 is 18.7. The number of thiazole rings is 1. The number of methoxy groups -OCH3 is 1. The van der Waals surface area contributed by atoms with Crippen molar-refractivity contribution in [1.29, 1.82) is 0 Å². The summed E-state index contributed by atoms with van der Waals surface area (Å²) in [5, 5.41) is 11.9. The fourth-order valence-electron chi connectivity index (χ4n) is 5.14. The number of hydrogen-bond donors (Lipinski definition) is 0. The molecule has 3 heterocycles. The van der Waals surface area contributed by atoms with Crippen LogP contribution in [0.1, 0.15) is 29.9 Å². The van der Waals surface area contributed by atoms with Crippen molar-refractivity contribution >= 4 is 46.4 Å². The number of ether oxygens (including phenoxy) is 2. The lowest BCUT2D eigenvalue weighted by Gasteiger charge is -2.26. The first-order valence-corrected chi connectivity index (χ1v) is 14.9. The number of furan rings is 1. The van der Waals surface area contributed by atoms with E-state index < -0.39 is 22.5 Å². The fraction of sp³-hybridized carbons (Fsp3) is 0.121. The van der Waals surface area contributed by atoms with Crippen LogP contribution in [0.5, 0.6) is 5.75 Å². The SMILES string of the molecule is CCOC(=O)C1=C(c2ccccc2)N=c2s/c(=C\c3ccc(-c4ccc(Cl)cc4[N+](=O)[O-])o3)c(=O)n2[C@H]1c1cccc(OC)c1. The predicted molar refractivity (Wildman–Crippen MR) is 170 cm³/mol. The summed E-state index contributed by atoms with van der Waals surface area (Å²) >= 11 is 7.10. The zero-order chi connectivity index (χ0) is 31.7. The van der Waals surface area contributed by atoms with Crippen LogP contribution in [-0.2, 0) is 9.53 Å². The van der Waals surface area contributed by atoms with E-state index in [1.807, 2.05) is 36.4 Å². The fourth-order valence-corrected chi connectivity index (χ4v) is 6.28. The Morgan fingerprint density at radius 2 is 1.91 bits per heavy atom. The molecular formula is C33H24ClN3O7S. The lowest BCUT2D eigenvalue weighted by molar-refractivity contribution is -0.384. The molecule has 45 heavy (non-hydrogen) atoms. The van der Waals surface area contributed by atoms with Crippen molar-refractivity contribution in [2.24, 2.45) is 4.99 Å². The van der Waals surface area contributed by atoms with Crippen LogP contribution in [0.15, 0.2) is 105 Å². The summed E-state index contributed by atoms with van der Waals surface area (Å²) in [5.41, 5.74) is 1.55. The van der Waals surface area contributed by atoms with E-state index in [0.717, 1.165) is 11.3 Å². The normalized spacial score (nSPS) is 14.6. The highest BCUT2D eigenvalue weighted by atomic mass is 35.5. The number of carbonyl (C=O) groups is 1. The third-order valence-corrected chi connectivity index (χ3v) is 8.32. The first-order chi connectivity index (χ1) is 21.8. The third-order valence-electron chi connectivity index (χ3n) is 7.11. The third kappa shape index (κ3) is 5.70. The second-order valence-electron chi connectivity index (χ2n) is 9.83. The molecule has 0 radical (unpaired) electrons. The molecule has 226 valence electrons. The molecule has 0 N–H and O–H groups in total. The largest absolute Gasteiger partial charge is 0.497 e. The number of rotatable bonds is 8. The molecule has 0 saturated carbocycles. The van der Waals surface area contributed by atoms with Crippen molar-refractivity contribution < 1.29 is 23.6 Å². The molecule has 12 heteroatoms. The van der Waals surface area contributed by atoms with Crippen LogP contribution in [0.4, 0.5) is 5.69 Å². The molecule has 0 unspecified atom stereocenters. The van der Waals surface area contributed by atoms with E-state index in [1.54, 1.807) is 50.4 Å². The van der Waals surface area contributed by atoms with Gasteiger partial charge in [-0.15, -0.1) is 0 Å². The molecule has 10 nitrogen and oxygen atoms in total. The van der Waals surface area contributed by atoms with Crippen molar-refractivity contribution in [2.75, 3.05) is 13.7 Å². The van der Waals surface area contributed by atoms with Gasteiger partial charge in [0.2, 0.25) is 0 Å². The quantitative estimate of drug-likeness (QED) is 0.120. The molecule has 1 atom stereocenters. The molecule has 0 fully saturated rings. The minimum Gasteiger partial charge on any atom is -0.497 e. The van der Waals surface area contributed by atoms with Gasteiger partial charge in [-0.05, 0) is 48.9 Å². The molecule has 2 aromatic heterocycles.